The maximum atomic E-state index is 13.7. The van der Waals surface area contributed by atoms with E-state index in [2.05, 4.69) is 20.8 Å². The van der Waals surface area contributed by atoms with Crippen LogP contribution in [0.25, 0.3) is 0 Å². The number of rotatable bonds is 18. The second-order valence-corrected chi connectivity index (χ2v) is 9.47. The van der Waals surface area contributed by atoms with Gasteiger partial charge in [-0.1, -0.05) is 40.0 Å². The number of carbonyl (C=O) groups excluding carboxylic acids is 1. The summed E-state index contributed by atoms with van der Waals surface area (Å²) in [6, 6.07) is 7.11. The number of carbonyl (C=O) groups is 1. The molecule has 0 N–H and O–H groups in total. The molecule has 1 atom stereocenters. The zero-order valence-electron chi connectivity index (χ0n) is 22.5. The molecule has 36 heavy (non-hydrogen) atoms. The van der Waals surface area contributed by atoms with Crippen LogP contribution in [0.4, 0.5) is 0 Å². The molecule has 7 nitrogen and oxygen atoms in total. The van der Waals surface area contributed by atoms with E-state index >= 15 is 0 Å². The van der Waals surface area contributed by atoms with Crippen LogP contribution in [0.3, 0.4) is 0 Å². The molecule has 0 aromatic heterocycles. The lowest BCUT2D eigenvalue weighted by atomic mass is 10.2. The zero-order valence-corrected chi connectivity index (χ0v) is 23.5. The third-order valence-electron chi connectivity index (χ3n) is 5.50. The predicted molar refractivity (Wildman–Crippen MR) is 146 cm³/mol. The largest absolute Gasteiger partial charge is 0.496 e. The highest BCUT2D eigenvalue weighted by Crippen LogP contribution is 2.41. The van der Waals surface area contributed by atoms with Crippen molar-refractivity contribution in [1.29, 1.82) is 0 Å². The molecule has 1 unspecified atom stereocenters. The van der Waals surface area contributed by atoms with Crippen molar-refractivity contribution in [2.24, 2.45) is 0 Å². The first-order valence-corrected chi connectivity index (χ1v) is 13.7. The van der Waals surface area contributed by atoms with Crippen LogP contribution in [0, 0.1) is 0 Å². The summed E-state index contributed by atoms with van der Waals surface area (Å²) >= 11 is 0. The van der Waals surface area contributed by atoms with E-state index in [9.17, 15) is 4.79 Å². The monoisotopic (exact) mass is 520 g/mol. The second kappa shape index (κ2) is 16.2. The van der Waals surface area contributed by atoms with E-state index in [-0.39, 0.29) is 14.1 Å². The predicted octanol–water partition coefficient (Wildman–Crippen LogP) is 6.39. The fourth-order valence-corrected chi connectivity index (χ4v) is 4.53. The van der Waals surface area contributed by atoms with Crippen molar-refractivity contribution in [3.63, 3.8) is 0 Å². The van der Waals surface area contributed by atoms with Gasteiger partial charge in [-0.3, -0.25) is 4.79 Å². The molecule has 0 fully saturated rings. The molecule has 0 heterocycles. The maximum Gasteiger partial charge on any atom is 0.193 e. The summed E-state index contributed by atoms with van der Waals surface area (Å²) in [5.74, 6) is 3.24. The first-order chi connectivity index (χ1) is 17.5. The van der Waals surface area contributed by atoms with Crippen LogP contribution in [-0.2, 0) is 0 Å². The van der Waals surface area contributed by atoms with Gasteiger partial charge in [-0.15, -0.1) is 0 Å². The van der Waals surface area contributed by atoms with E-state index in [0.29, 0.717) is 59.9 Å². The SMILES string of the molecule is CCCCOc1cc(OCCCC)c(PC(=O)c2c(OC)cc(OC)cc2OC)c(OCCCC)c1. The zero-order chi connectivity index (χ0) is 26.3. The summed E-state index contributed by atoms with van der Waals surface area (Å²) in [6.07, 6.45) is 5.82. The molecule has 0 aliphatic carbocycles. The Hall–Kier alpha value is -2.66. The number of hydrogen-bond donors (Lipinski definition) is 0. The summed E-state index contributed by atoms with van der Waals surface area (Å²) in [5.41, 5.74) is 0.216. The van der Waals surface area contributed by atoms with Crippen LogP contribution < -0.4 is 33.7 Å². The second-order valence-electron chi connectivity index (χ2n) is 8.26. The molecule has 0 saturated heterocycles. The Bertz CT molecular complexity index is 905. The van der Waals surface area contributed by atoms with Gasteiger partial charge in [0.05, 0.1) is 46.5 Å². The number of hydrogen-bond acceptors (Lipinski definition) is 7. The van der Waals surface area contributed by atoms with E-state index < -0.39 is 0 Å². The van der Waals surface area contributed by atoms with Crippen molar-refractivity contribution in [3.8, 4) is 34.5 Å². The Morgan fingerprint density at radius 3 is 1.50 bits per heavy atom. The molecule has 0 radical (unpaired) electrons. The first kappa shape index (κ1) is 29.6. The molecule has 2 aromatic rings. The van der Waals surface area contributed by atoms with Gasteiger partial charge < -0.3 is 28.4 Å². The molecule has 0 saturated carbocycles. The van der Waals surface area contributed by atoms with Crippen LogP contribution in [-0.4, -0.2) is 46.7 Å². The molecule has 8 heteroatoms. The first-order valence-electron chi connectivity index (χ1n) is 12.7. The quantitative estimate of drug-likeness (QED) is 0.166. The standard InChI is InChI=1S/C28H41O7P/c1-7-10-13-33-21-18-24(34-14-11-8-2)27(25(19-21)35-15-12-9-3)36-28(29)26-22(31-5)16-20(30-4)17-23(26)32-6/h16-19,36H,7-15H2,1-6H3. The summed E-state index contributed by atoms with van der Waals surface area (Å²) < 4.78 is 34.7. The minimum absolute atomic E-state index is 0.147. The van der Waals surface area contributed by atoms with E-state index in [4.69, 9.17) is 28.4 Å². The van der Waals surface area contributed by atoms with E-state index in [0.717, 1.165) is 43.8 Å². The Morgan fingerprint density at radius 2 is 1.08 bits per heavy atom. The average molecular weight is 521 g/mol. The van der Waals surface area contributed by atoms with Gasteiger partial charge in [0.2, 0.25) is 0 Å². The van der Waals surface area contributed by atoms with Crippen LogP contribution >= 0.6 is 8.58 Å². The summed E-state index contributed by atoms with van der Waals surface area (Å²) in [6.45, 7) is 8.05. The molecule has 2 rings (SSSR count). The topological polar surface area (TPSA) is 72.5 Å². The highest BCUT2D eigenvalue weighted by molar-refractivity contribution is 7.66. The summed E-state index contributed by atoms with van der Waals surface area (Å²) in [4.78, 5) is 13.7. The van der Waals surface area contributed by atoms with Gasteiger partial charge >= 0.3 is 0 Å². The van der Waals surface area contributed by atoms with Gasteiger partial charge in [0.25, 0.3) is 0 Å². The summed E-state index contributed by atoms with van der Waals surface area (Å²) in [7, 11) is 4.33. The fourth-order valence-electron chi connectivity index (χ4n) is 3.39. The van der Waals surface area contributed by atoms with Crippen molar-refractivity contribution in [2.45, 2.75) is 59.3 Å². The van der Waals surface area contributed by atoms with E-state index in [1.54, 1.807) is 19.2 Å². The number of unbranched alkanes of at least 4 members (excludes halogenated alkanes) is 3. The minimum atomic E-state index is -0.273. The Balaban J connectivity index is 2.52. The Kier molecular flexibility index (Phi) is 13.3. The molecule has 0 spiro atoms. The number of benzene rings is 2. The Morgan fingerprint density at radius 1 is 0.639 bits per heavy atom. The smallest absolute Gasteiger partial charge is 0.193 e. The van der Waals surface area contributed by atoms with Gasteiger partial charge in [0.15, 0.2) is 5.52 Å². The molecule has 0 aliphatic rings. The molecule has 200 valence electrons. The van der Waals surface area contributed by atoms with E-state index in [1.807, 2.05) is 12.1 Å². The minimum Gasteiger partial charge on any atom is -0.496 e. The normalized spacial score (nSPS) is 10.9. The summed E-state index contributed by atoms with van der Waals surface area (Å²) in [5, 5.41) is 0.718. The third-order valence-corrected chi connectivity index (χ3v) is 6.72. The van der Waals surface area contributed by atoms with Crippen LogP contribution in [0.15, 0.2) is 24.3 Å². The number of methoxy groups -OCH3 is 3. The maximum absolute atomic E-state index is 13.7. The average Bonchev–Trinajstić information content (AvgIpc) is 2.89. The van der Waals surface area contributed by atoms with Crippen molar-refractivity contribution in [1.82, 2.24) is 0 Å². The molecule has 2 aromatic carbocycles. The van der Waals surface area contributed by atoms with Crippen molar-refractivity contribution < 1.29 is 33.2 Å². The highest BCUT2D eigenvalue weighted by atomic mass is 31.1. The van der Waals surface area contributed by atoms with Crippen LogP contribution in [0.1, 0.15) is 69.7 Å². The molecular formula is C28H41O7P. The van der Waals surface area contributed by atoms with Crippen molar-refractivity contribution in [2.75, 3.05) is 41.2 Å². The van der Waals surface area contributed by atoms with Gasteiger partial charge in [0, 0.05) is 24.3 Å². The van der Waals surface area contributed by atoms with Gasteiger partial charge in [-0.2, -0.15) is 0 Å². The van der Waals surface area contributed by atoms with Crippen molar-refractivity contribution >= 4 is 19.4 Å². The van der Waals surface area contributed by atoms with Gasteiger partial charge in [0.1, 0.15) is 40.1 Å². The van der Waals surface area contributed by atoms with Crippen LogP contribution in [0.5, 0.6) is 34.5 Å². The number of ether oxygens (including phenoxy) is 6. The van der Waals surface area contributed by atoms with Crippen LogP contribution in [0.2, 0.25) is 0 Å². The lowest BCUT2D eigenvalue weighted by molar-refractivity contribution is 0.108. The molecule has 0 amide bonds. The molecule has 0 bridgehead atoms. The Labute approximate surface area is 217 Å². The van der Waals surface area contributed by atoms with Crippen molar-refractivity contribution in [3.05, 3.63) is 29.8 Å². The van der Waals surface area contributed by atoms with E-state index in [1.165, 1.54) is 14.2 Å². The third kappa shape index (κ3) is 8.48. The van der Waals surface area contributed by atoms with Gasteiger partial charge in [-0.25, -0.2) is 0 Å². The van der Waals surface area contributed by atoms with Gasteiger partial charge in [-0.05, 0) is 27.8 Å². The lowest BCUT2D eigenvalue weighted by Crippen LogP contribution is -2.14. The molecule has 0 aliphatic heterocycles. The highest BCUT2D eigenvalue weighted by Gasteiger charge is 2.25. The molecular weight excluding hydrogens is 479 g/mol. The lowest BCUT2D eigenvalue weighted by Gasteiger charge is -2.19. The fraction of sp³-hybridized carbons (Fsp3) is 0.536.